The molecule has 0 saturated heterocycles. The van der Waals surface area contributed by atoms with Gasteiger partial charge in [-0.1, -0.05) is 24.3 Å². The van der Waals surface area contributed by atoms with Crippen LogP contribution < -0.4 is 0 Å². The van der Waals surface area contributed by atoms with Crippen LogP contribution in [0.2, 0.25) is 0 Å². The van der Waals surface area contributed by atoms with E-state index in [4.69, 9.17) is 16.7 Å². The standard InChI is InChI=1S/C16H16ClN3/c17-8-3-11-20-12-14-4-1-2-5-15(14)16(19-20)13-6-9-18-10-7-13/h1-2,4-7,9-10H,3,8,11-12H2. The number of hydrazone groups is 1. The zero-order valence-corrected chi connectivity index (χ0v) is 11.9. The van der Waals surface area contributed by atoms with Crippen molar-refractivity contribution in [2.45, 2.75) is 13.0 Å². The maximum absolute atomic E-state index is 5.79. The van der Waals surface area contributed by atoms with Gasteiger partial charge in [0.05, 0.1) is 12.3 Å². The second kappa shape index (κ2) is 6.06. The molecule has 2 heterocycles. The molecule has 1 aromatic carbocycles. The SMILES string of the molecule is ClCCCN1Cc2ccccc2C(c2ccncc2)=N1. The van der Waals surface area contributed by atoms with E-state index in [2.05, 4.69) is 34.3 Å². The van der Waals surface area contributed by atoms with Crippen LogP contribution in [0.25, 0.3) is 0 Å². The van der Waals surface area contributed by atoms with Crippen molar-refractivity contribution in [2.24, 2.45) is 5.10 Å². The summed E-state index contributed by atoms with van der Waals surface area (Å²) >= 11 is 5.79. The van der Waals surface area contributed by atoms with E-state index in [-0.39, 0.29) is 0 Å². The largest absolute Gasteiger partial charge is 0.292 e. The minimum atomic E-state index is 0.665. The molecule has 3 rings (SSSR count). The van der Waals surface area contributed by atoms with Gasteiger partial charge in [0.25, 0.3) is 0 Å². The second-order valence-electron chi connectivity index (χ2n) is 4.77. The Morgan fingerprint density at radius 2 is 1.90 bits per heavy atom. The highest BCUT2D eigenvalue weighted by Gasteiger charge is 2.19. The number of pyridine rings is 1. The second-order valence-corrected chi connectivity index (χ2v) is 5.15. The smallest absolute Gasteiger partial charge is 0.0980 e. The first-order valence-corrected chi connectivity index (χ1v) is 7.30. The Labute approximate surface area is 123 Å². The number of aromatic nitrogens is 1. The van der Waals surface area contributed by atoms with Gasteiger partial charge in [0.1, 0.15) is 0 Å². The third kappa shape index (κ3) is 2.68. The number of rotatable bonds is 4. The fraction of sp³-hybridized carbons (Fsp3) is 0.250. The molecule has 0 fully saturated rings. The zero-order valence-electron chi connectivity index (χ0n) is 11.2. The number of nitrogens with zero attached hydrogens (tertiary/aromatic N) is 3. The molecular weight excluding hydrogens is 270 g/mol. The van der Waals surface area contributed by atoms with Gasteiger partial charge in [-0.3, -0.25) is 9.99 Å². The molecule has 2 aromatic rings. The maximum atomic E-state index is 5.79. The maximum Gasteiger partial charge on any atom is 0.0980 e. The quantitative estimate of drug-likeness (QED) is 0.807. The summed E-state index contributed by atoms with van der Waals surface area (Å²) in [6.07, 6.45) is 4.55. The van der Waals surface area contributed by atoms with Crippen LogP contribution >= 0.6 is 11.6 Å². The molecule has 20 heavy (non-hydrogen) atoms. The first-order chi connectivity index (χ1) is 9.88. The summed E-state index contributed by atoms with van der Waals surface area (Å²) < 4.78 is 0. The van der Waals surface area contributed by atoms with Crippen molar-refractivity contribution < 1.29 is 0 Å². The van der Waals surface area contributed by atoms with Gasteiger partial charge in [-0.15, -0.1) is 11.6 Å². The summed E-state index contributed by atoms with van der Waals surface area (Å²) in [6.45, 7) is 1.73. The molecule has 102 valence electrons. The summed E-state index contributed by atoms with van der Waals surface area (Å²) in [7, 11) is 0. The van der Waals surface area contributed by atoms with Gasteiger partial charge in [0.2, 0.25) is 0 Å². The van der Waals surface area contributed by atoms with E-state index in [9.17, 15) is 0 Å². The Morgan fingerprint density at radius 1 is 1.10 bits per heavy atom. The molecule has 4 heteroatoms. The number of benzene rings is 1. The average Bonchev–Trinajstić information content (AvgIpc) is 2.53. The van der Waals surface area contributed by atoms with E-state index < -0.39 is 0 Å². The third-order valence-electron chi connectivity index (χ3n) is 3.37. The van der Waals surface area contributed by atoms with Gasteiger partial charge in [0, 0.05) is 35.9 Å². The Balaban J connectivity index is 2.00. The molecule has 0 atom stereocenters. The lowest BCUT2D eigenvalue weighted by Crippen LogP contribution is -2.27. The van der Waals surface area contributed by atoms with Crippen molar-refractivity contribution in [1.82, 2.24) is 9.99 Å². The van der Waals surface area contributed by atoms with E-state index in [0.717, 1.165) is 30.8 Å². The molecule has 1 aliphatic rings. The van der Waals surface area contributed by atoms with Gasteiger partial charge in [0.15, 0.2) is 0 Å². The normalized spacial score (nSPS) is 13.8. The van der Waals surface area contributed by atoms with Gasteiger partial charge in [-0.05, 0) is 24.1 Å². The van der Waals surface area contributed by atoms with Crippen LogP contribution in [0.5, 0.6) is 0 Å². The van der Waals surface area contributed by atoms with E-state index in [1.165, 1.54) is 11.1 Å². The van der Waals surface area contributed by atoms with Crippen molar-refractivity contribution in [3.05, 3.63) is 65.5 Å². The summed E-state index contributed by atoms with van der Waals surface area (Å²) in [5.74, 6) is 0.665. The van der Waals surface area contributed by atoms with Crippen LogP contribution in [0, 0.1) is 0 Å². The first kappa shape index (κ1) is 13.1. The lowest BCUT2D eigenvalue weighted by Gasteiger charge is -2.27. The highest BCUT2D eigenvalue weighted by molar-refractivity contribution is 6.17. The molecule has 1 aliphatic heterocycles. The lowest BCUT2D eigenvalue weighted by atomic mass is 9.97. The van der Waals surface area contributed by atoms with E-state index >= 15 is 0 Å². The Hall–Kier alpha value is -1.87. The highest BCUT2D eigenvalue weighted by Crippen LogP contribution is 2.22. The minimum absolute atomic E-state index is 0.665. The molecule has 0 radical (unpaired) electrons. The van der Waals surface area contributed by atoms with Crippen LogP contribution in [0.1, 0.15) is 23.1 Å². The first-order valence-electron chi connectivity index (χ1n) is 6.76. The molecule has 0 amide bonds. The van der Waals surface area contributed by atoms with Crippen LogP contribution in [0.15, 0.2) is 53.9 Å². The van der Waals surface area contributed by atoms with Crippen molar-refractivity contribution in [3.8, 4) is 0 Å². The van der Waals surface area contributed by atoms with Crippen LogP contribution in [-0.4, -0.2) is 28.1 Å². The Kier molecular flexibility index (Phi) is 3.97. The third-order valence-corrected chi connectivity index (χ3v) is 3.64. The number of hydrogen-bond acceptors (Lipinski definition) is 3. The van der Waals surface area contributed by atoms with Crippen LogP contribution in [-0.2, 0) is 6.54 Å². The fourth-order valence-corrected chi connectivity index (χ4v) is 2.53. The van der Waals surface area contributed by atoms with E-state index in [1.54, 1.807) is 12.4 Å². The lowest BCUT2D eigenvalue weighted by molar-refractivity contribution is 0.276. The molecule has 0 spiro atoms. The number of fused-ring (bicyclic) bond motifs is 1. The summed E-state index contributed by atoms with van der Waals surface area (Å²) in [5.41, 5.74) is 4.64. The van der Waals surface area contributed by atoms with E-state index in [0.29, 0.717) is 5.88 Å². The van der Waals surface area contributed by atoms with Gasteiger partial charge in [-0.2, -0.15) is 5.10 Å². The fourth-order valence-electron chi connectivity index (χ4n) is 2.41. The Morgan fingerprint density at radius 3 is 2.70 bits per heavy atom. The van der Waals surface area contributed by atoms with Gasteiger partial charge in [-0.25, -0.2) is 0 Å². The van der Waals surface area contributed by atoms with E-state index in [1.807, 2.05) is 12.1 Å². The predicted molar refractivity (Wildman–Crippen MR) is 82.1 cm³/mol. The molecule has 0 N–H and O–H groups in total. The van der Waals surface area contributed by atoms with Crippen LogP contribution in [0.4, 0.5) is 0 Å². The summed E-state index contributed by atoms with van der Waals surface area (Å²) in [4.78, 5) is 4.08. The molecule has 1 aromatic heterocycles. The molecular formula is C16H16ClN3. The molecule has 0 saturated carbocycles. The summed E-state index contributed by atoms with van der Waals surface area (Å²) in [5, 5.41) is 6.89. The van der Waals surface area contributed by atoms with Crippen molar-refractivity contribution in [2.75, 3.05) is 12.4 Å². The predicted octanol–water partition coefficient (Wildman–Crippen LogP) is 3.28. The molecule has 0 unspecified atom stereocenters. The van der Waals surface area contributed by atoms with Crippen molar-refractivity contribution >= 4 is 17.3 Å². The number of hydrogen-bond donors (Lipinski definition) is 0. The number of halogens is 1. The average molecular weight is 286 g/mol. The molecule has 0 bridgehead atoms. The monoisotopic (exact) mass is 285 g/mol. The highest BCUT2D eigenvalue weighted by atomic mass is 35.5. The minimum Gasteiger partial charge on any atom is -0.292 e. The topological polar surface area (TPSA) is 28.5 Å². The molecule has 3 nitrogen and oxygen atoms in total. The van der Waals surface area contributed by atoms with Gasteiger partial charge >= 0.3 is 0 Å². The van der Waals surface area contributed by atoms with Gasteiger partial charge < -0.3 is 0 Å². The van der Waals surface area contributed by atoms with Crippen LogP contribution in [0.3, 0.4) is 0 Å². The summed E-state index contributed by atoms with van der Waals surface area (Å²) in [6, 6.07) is 12.4. The van der Waals surface area contributed by atoms with Crippen molar-refractivity contribution in [1.29, 1.82) is 0 Å². The zero-order chi connectivity index (χ0) is 13.8. The number of alkyl halides is 1. The molecule has 0 aliphatic carbocycles. The Bertz CT molecular complexity index is 610. The van der Waals surface area contributed by atoms with Crippen molar-refractivity contribution in [3.63, 3.8) is 0 Å².